The van der Waals surface area contributed by atoms with Gasteiger partial charge in [-0.3, -0.25) is 9.59 Å². The number of hydrogen-bond acceptors (Lipinski definition) is 3. The van der Waals surface area contributed by atoms with Crippen molar-refractivity contribution in [2.75, 3.05) is 6.61 Å². The predicted molar refractivity (Wildman–Crippen MR) is 80.9 cm³/mol. The third kappa shape index (κ3) is 3.91. The standard InChI is InChI=1S/C17H22FNO3/c1-12(16(22)13-5-4-6-14(18)10-13)9-15(21)19-17(11-20)7-2-3-8-17/h4-6,10,12,20H,2-3,7-9,11H2,1H3,(H,19,21). The fourth-order valence-corrected chi connectivity index (χ4v) is 3.02. The summed E-state index contributed by atoms with van der Waals surface area (Å²) in [5, 5.41) is 12.4. The van der Waals surface area contributed by atoms with Crippen molar-refractivity contribution in [3.63, 3.8) is 0 Å². The van der Waals surface area contributed by atoms with Gasteiger partial charge in [0.15, 0.2) is 5.78 Å². The summed E-state index contributed by atoms with van der Waals surface area (Å²) >= 11 is 0. The smallest absolute Gasteiger partial charge is 0.221 e. The third-order valence-corrected chi connectivity index (χ3v) is 4.32. The van der Waals surface area contributed by atoms with Crippen molar-refractivity contribution in [3.8, 4) is 0 Å². The molecule has 0 spiro atoms. The number of Topliss-reactive ketones (excluding diaryl/α,β-unsaturated/α-hetero) is 1. The first-order valence-electron chi connectivity index (χ1n) is 7.67. The maximum atomic E-state index is 13.2. The van der Waals surface area contributed by atoms with E-state index in [1.54, 1.807) is 13.0 Å². The number of hydrogen-bond donors (Lipinski definition) is 2. The number of benzene rings is 1. The van der Waals surface area contributed by atoms with Crippen molar-refractivity contribution >= 4 is 11.7 Å². The fourth-order valence-electron chi connectivity index (χ4n) is 3.02. The second kappa shape index (κ2) is 7.01. The average molecular weight is 307 g/mol. The molecule has 4 nitrogen and oxygen atoms in total. The summed E-state index contributed by atoms with van der Waals surface area (Å²) in [7, 11) is 0. The minimum Gasteiger partial charge on any atom is -0.394 e. The van der Waals surface area contributed by atoms with Crippen LogP contribution in [0.25, 0.3) is 0 Å². The molecule has 2 rings (SSSR count). The number of aliphatic hydroxyl groups is 1. The van der Waals surface area contributed by atoms with Gasteiger partial charge >= 0.3 is 0 Å². The van der Waals surface area contributed by atoms with E-state index in [0.29, 0.717) is 0 Å². The van der Waals surface area contributed by atoms with Crippen LogP contribution in [0.15, 0.2) is 24.3 Å². The molecule has 0 saturated heterocycles. The van der Waals surface area contributed by atoms with E-state index in [-0.39, 0.29) is 30.3 Å². The van der Waals surface area contributed by atoms with Crippen LogP contribution in [0.2, 0.25) is 0 Å². The van der Waals surface area contributed by atoms with E-state index in [0.717, 1.165) is 25.7 Å². The molecule has 2 N–H and O–H groups in total. The third-order valence-electron chi connectivity index (χ3n) is 4.32. The minimum atomic E-state index is -0.529. The lowest BCUT2D eigenvalue weighted by Gasteiger charge is -2.28. The Hall–Kier alpha value is -1.75. The van der Waals surface area contributed by atoms with Crippen LogP contribution >= 0.6 is 0 Å². The van der Waals surface area contributed by atoms with E-state index in [2.05, 4.69) is 5.32 Å². The molecule has 22 heavy (non-hydrogen) atoms. The van der Waals surface area contributed by atoms with Gasteiger partial charge in [-0.2, -0.15) is 0 Å². The molecule has 0 aliphatic heterocycles. The number of carbonyl (C=O) groups excluding carboxylic acids is 2. The fraction of sp³-hybridized carbons (Fsp3) is 0.529. The first-order chi connectivity index (χ1) is 10.5. The molecule has 0 radical (unpaired) electrons. The summed E-state index contributed by atoms with van der Waals surface area (Å²) in [6.45, 7) is 1.58. The molecule has 0 bridgehead atoms. The minimum absolute atomic E-state index is 0.0388. The molecule has 5 heteroatoms. The van der Waals surface area contributed by atoms with E-state index in [4.69, 9.17) is 0 Å². The SMILES string of the molecule is CC(CC(=O)NC1(CO)CCCC1)C(=O)c1cccc(F)c1. The molecule has 1 atom stereocenters. The van der Waals surface area contributed by atoms with E-state index >= 15 is 0 Å². The van der Waals surface area contributed by atoms with Gasteiger partial charge in [0.1, 0.15) is 5.82 Å². The molecule has 0 heterocycles. The second-order valence-corrected chi connectivity index (χ2v) is 6.17. The molecule has 120 valence electrons. The maximum Gasteiger partial charge on any atom is 0.221 e. The summed E-state index contributed by atoms with van der Waals surface area (Å²) in [4.78, 5) is 24.4. The quantitative estimate of drug-likeness (QED) is 0.793. The molecular weight excluding hydrogens is 285 g/mol. The van der Waals surface area contributed by atoms with Crippen LogP contribution in [0, 0.1) is 11.7 Å². The Balaban J connectivity index is 1.94. The highest BCUT2D eigenvalue weighted by atomic mass is 19.1. The van der Waals surface area contributed by atoms with Crippen molar-refractivity contribution in [1.29, 1.82) is 0 Å². The number of halogens is 1. The molecule has 1 aliphatic carbocycles. The topological polar surface area (TPSA) is 66.4 Å². The molecule has 1 aliphatic rings. The highest BCUT2D eigenvalue weighted by Crippen LogP contribution is 2.29. The molecule has 1 saturated carbocycles. The predicted octanol–water partition coefficient (Wildman–Crippen LogP) is 2.46. The maximum absolute atomic E-state index is 13.2. The second-order valence-electron chi connectivity index (χ2n) is 6.17. The number of rotatable bonds is 6. The first kappa shape index (κ1) is 16.6. The zero-order valence-corrected chi connectivity index (χ0v) is 12.8. The molecule has 1 unspecified atom stereocenters. The summed E-state index contributed by atoms with van der Waals surface area (Å²) in [6, 6.07) is 5.49. The van der Waals surface area contributed by atoms with Crippen LogP contribution in [0.4, 0.5) is 4.39 Å². The Morgan fingerprint density at radius 3 is 2.64 bits per heavy atom. The van der Waals surface area contributed by atoms with Crippen molar-refractivity contribution < 1.29 is 19.1 Å². The van der Waals surface area contributed by atoms with Crippen LogP contribution in [0.5, 0.6) is 0 Å². The van der Waals surface area contributed by atoms with Crippen LogP contribution in [0.1, 0.15) is 49.4 Å². The highest BCUT2D eigenvalue weighted by molar-refractivity contribution is 5.99. The Morgan fingerprint density at radius 2 is 2.05 bits per heavy atom. The van der Waals surface area contributed by atoms with Gasteiger partial charge in [0, 0.05) is 17.9 Å². The summed E-state index contributed by atoms with van der Waals surface area (Å²) in [6.07, 6.45) is 3.54. The van der Waals surface area contributed by atoms with E-state index in [1.165, 1.54) is 18.2 Å². The van der Waals surface area contributed by atoms with Gasteiger partial charge in [-0.25, -0.2) is 4.39 Å². The monoisotopic (exact) mass is 307 g/mol. The summed E-state index contributed by atoms with van der Waals surface area (Å²) in [5.41, 5.74) is -0.253. The molecule has 1 aromatic carbocycles. The lowest BCUT2D eigenvalue weighted by Crippen LogP contribution is -2.49. The summed E-state index contributed by atoms with van der Waals surface area (Å²) < 4.78 is 13.2. The van der Waals surface area contributed by atoms with Crippen LogP contribution in [-0.4, -0.2) is 28.9 Å². The largest absolute Gasteiger partial charge is 0.394 e. The Bertz CT molecular complexity index is 553. The molecule has 1 amide bonds. The number of ketones is 1. The first-order valence-corrected chi connectivity index (χ1v) is 7.67. The van der Waals surface area contributed by atoms with Gasteiger partial charge in [-0.15, -0.1) is 0 Å². The van der Waals surface area contributed by atoms with Crippen LogP contribution in [0.3, 0.4) is 0 Å². The van der Waals surface area contributed by atoms with E-state index in [9.17, 15) is 19.1 Å². The number of amides is 1. The molecule has 1 fully saturated rings. The highest BCUT2D eigenvalue weighted by Gasteiger charge is 2.35. The van der Waals surface area contributed by atoms with Crippen LogP contribution < -0.4 is 5.32 Å². The zero-order valence-electron chi connectivity index (χ0n) is 12.8. The number of aliphatic hydroxyl groups excluding tert-OH is 1. The van der Waals surface area contributed by atoms with Crippen molar-refractivity contribution in [2.45, 2.75) is 44.6 Å². The van der Waals surface area contributed by atoms with Crippen molar-refractivity contribution in [1.82, 2.24) is 5.32 Å². The van der Waals surface area contributed by atoms with Crippen molar-refractivity contribution in [3.05, 3.63) is 35.6 Å². The van der Waals surface area contributed by atoms with Gasteiger partial charge < -0.3 is 10.4 Å². The zero-order chi connectivity index (χ0) is 16.2. The lowest BCUT2D eigenvalue weighted by atomic mass is 9.94. The van der Waals surface area contributed by atoms with Crippen molar-refractivity contribution in [2.24, 2.45) is 5.92 Å². The molecular formula is C17H22FNO3. The summed E-state index contributed by atoms with van der Waals surface area (Å²) in [5.74, 6) is -1.49. The number of carbonyl (C=O) groups is 2. The van der Waals surface area contributed by atoms with Gasteiger partial charge in [-0.1, -0.05) is 31.9 Å². The normalized spacial score (nSPS) is 18.0. The Labute approximate surface area is 129 Å². The van der Waals surface area contributed by atoms with Gasteiger partial charge in [0.05, 0.1) is 12.1 Å². The average Bonchev–Trinajstić information content (AvgIpc) is 2.95. The van der Waals surface area contributed by atoms with E-state index < -0.39 is 17.3 Å². The van der Waals surface area contributed by atoms with E-state index in [1.807, 2.05) is 0 Å². The molecule has 1 aromatic rings. The number of nitrogens with one attached hydrogen (secondary N) is 1. The van der Waals surface area contributed by atoms with Gasteiger partial charge in [-0.05, 0) is 25.0 Å². The Morgan fingerprint density at radius 1 is 1.36 bits per heavy atom. The van der Waals surface area contributed by atoms with Gasteiger partial charge in [0.2, 0.25) is 5.91 Å². The lowest BCUT2D eigenvalue weighted by molar-refractivity contribution is -0.124. The Kier molecular flexibility index (Phi) is 5.29. The van der Waals surface area contributed by atoms with Crippen LogP contribution in [-0.2, 0) is 4.79 Å². The van der Waals surface area contributed by atoms with Gasteiger partial charge in [0.25, 0.3) is 0 Å². The molecule has 0 aromatic heterocycles.